The first-order chi connectivity index (χ1) is 6.79. The summed E-state index contributed by atoms with van der Waals surface area (Å²) in [6, 6.07) is 4.11. The van der Waals surface area contributed by atoms with Gasteiger partial charge in [0.05, 0.1) is 11.2 Å². The Balaban J connectivity index is 2.20. The van der Waals surface area contributed by atoms with Gasteiger partial charge in [0.15, 0.2) is 5.13 Å². The molecule has 0 bridgehead atoms. The topological polar surface area (TPSA) is 48.7 Å². The maximum Gasteiger partial charge on any atom is 0.189 e. The highest BCUT2D eigenvalue weighted by Crippen LogP contribution is 2.28. The number of rotatable bonds is 2. The molecule has 0 aromatic carbocycles. The van der Waals surface area contributed by atoms with Crippen molar-refractivity contribution in [1.82, 2.24) is 4.98 Å². The van der Waals surface area contributed by atoms with Crippen LogP contribution < -0.4 is 5.32 Å². The Bertz CT molecular complexity index is 478. The third kappa shape index (κ3) is 1.76. The number of nitriles is 1. The molecular formula is C9H7N3S2. The molecule has 1 N–H and O–H groups in total. The molecule has 70 valence electrons. The molecule has 3 nitrogen and oxygen atoms in total. The van der Waals surface area contributed by atoms with Crippen LogP contribution in [0.2, 0.25) is 0 Å². The zero-order chi connectivity index (χ0) is 9.97. The Morgan fingerprint density at radius 2 is 2.43 bits per heavy atom. The van der Waals surface area contributed by atoms with Crippen LogP contribution in [0.1, 0.15) is 10.4 Å². The fraction of sp³-hybridized carbons (Fsp3) is 0.111. The van der Waals surface area contributed by atoms with E-state index < -0.39 is 0 Å². The van der Waals surface area contributed by atoms with Gasteiger partial charge in [-0.15, -0.1) is 11.3 Å². The number of aromatic nitrogens is 1. The van der Waals surface area contributed by atoms with Crippen LogP contribution in [0.4, 0.5) is 10.1 Å². The Kier molecular flexibility index (Phi) is 2.48. The van der Waals surface area contributed by atoms with Crippen molar-refractivity contribution in [2.24, 2.45) is 0 Å². The fourth-order valence-electron chi connectivity index (χ4n) is 0.982. The highest BCUT2D eigenvalue weighted by atomic mass is 32.1. The third-order valence-corrected chi connectivity index (χ3v) is 3.45. The first-order valence-corrected chi connectivity index (χ1v) is 5.66. The van der Waals surface area contributed by atoms with Crippen molar-refractivity contribution >= 4 is 32.8 Å². The molecule has 2 aromatic heterocycles. The SMILES string of the molecule is Cc1ccsc1Nc1ncc(C#N)s1. The predicted molar refractivity (Wildman–Crippen MR) is 59.2 cm³/mol. The summed E-state index contributed by atoms with van der Waals surface area (Å²) >= 11 is 3.00. The van der Waals surface area contributed by atoms with Crippen molar-refractivity contribution in [3.05, 3.63) is 28.1 Å². The van der Waals surface area contributed by atoms with Crippen LogP contribution in [0.25, 0.3) is 0 Å². The highest BCUT2D eigenvalue weighted by molar-refractivity contribution is 7.17. The van der Waals surface area contributed by atoms with Crippen molar-refractivity contribution in [2.75, 3.05) is 5.32 Å². The molecule has 0 fully saturated rings. The van der Waals surface area contributed by atoms with Crippen LogP contribution in [0.5, 0.6) is 0 Å². The Hall–Kier alpha value is -1.38. The zero-order valence-electron chi connectivity index (χ0n) is 7.44. The average molecular weight is 221 g/mol. The second-order valence-corrected chi connectivity index (χ2v) is 4.65. The second kappa shape index (κ2) is 3.78. The van der Waals surface area contributed by atoms with Gasteiger partial charge in [-0.1, -0.05) is 11.3 Å². The lowest BCUT2D eigenvalue weighted by Gasteiger charge is -1.98. The lowest BCUT2D eigenvalue weighted by atomic mass is 10.4. The molecule has 2 aromatic rings. The minimum Gasteiger partial charge on any atom is -0.323 e. The molecule has 2 rings (SSSR count). The Morgan fingerprint density at radius 3 is 3.00 bits per heavy atom. The number of anilines is 2. The maximum absolute atomic E-state index is 8.63. The van der Waals surface area contributed by atoms with Crippen molar-refractivity contribution in [2.45, 2.75) is 6.92 Å². The van der Waals surface area contributed by atoms with E-state index in [0.29, 0.717) is 4.88 Å². The van der Waals surface area contributed by atoms with E-state index in [-0.39, 0.29) is 0 Å². The number of thiophene rings is 1. The third-order valence-electron chi connectivity index (χ3n) is 1.70. The quantitative estimate of drug-likeness (QED) is 0.847. The van der Waals surface area contributed by atoms with Gasteiger partial charge < -0.3 is 5.32 Å². The van der Waals surface area contributed by atoms with Gasteiger partial charge in [0.25, 0.3) is 0 Å². The fourth-order valence-corrected chi connectivity index (χ4v) is 2.48. The van der Waals surface area contributed by atoms with E-state index in [4.69, 9.17) is 5.26 Å². The summed E-state index contributed by atoms with van der Waals surface area (Å²) < 4.78 is 0. The molecule has 0 saturated carbocycles. The summed E-state index contributed by atoms with van der Waals surface area (Å²) in [6.07, 6.45) is 1.58. The monoisotopic (exact) mass is 221 g/mol. The first kappa shape index (κ1) is 9.19. The molecule has 0 spiro atoms. The van der Waals surface area contributed by atoms with Gasteiger partial charge >= 0.3 is 0 Å². The Morgan fingerprint density at radius 1 is 1.57 bits per heavy atom. The van der Waals surface area contributed by atoms with E-state index >= 15 is 0 Å². The predicted octanol–water partition coefficient (Wildman–Crippen LogP) is 3.13. The molecule has 0 unspecified atom stereocenters. The van der Waals surface area contributed by atoms with Crippen molar-refractivity contribution in [3.8, 4) is 6.07 Å². The Labute approximate surface area is 89.7 Å². The number of nitrogens with zero attached hydrogens (tertiary/aromatic N) is 2. The summed E-state index contributed by atoms with van der Waals surface area (Å²) in [5.41, 5.74) is 1.20. The van der Waals surface area contributed by atoms with Crippen LogP contribution in [-0.4, -0.2) is 4.98 Å². The summed E-state index contributed by atoms with van der Waals surface area (Å²) in [5, 5.41) is 15.7. The molecule has 5 heteroatoms. The number of hydrogen-bond acceptors (Lipinski definition) is 5. The molecule has 0 saturated heterocycles. The lowest BCUT2D eigenvalue weighted by molar-refractivity contribution is 1.38. The van der Waals surface area contributed by atoms with E-state index in [1.807, 2.05) is 18.4 Å². The van der Waals surface area contributed by atoms with E-state index in [1.54, 1.807) is 17.5 Å². The summed E-state index contributed by atoms with van der Waals surface area (Å²) in [4.78, 5) is 4.72. The minimum absolute atomic E-state index is 0.627. The van der Waals surface area contributed by atoms with Gasteiger partial charge in [0.2, 0.25) is 0 Å². The zero-order valence-corrected chi connectivity index (χ0v) is 9.08. The molecule has 0 aliphatic carbocycles. The minimum atomic E-state index is 0.627. The highest BCUT2D eigenvalue weighted by Gasteiger charge is 2.03. The summed E-state index contributed by atoms with van der Waals surface area (Å²) in [6.45, 7) is 2.04. The number of thiazole rings is 1. The average Bonchev–Trinajstić information content (AvgIpc) is 2.77. The van der Waals surface area contributed by atoms with E-state index in [1.165, 1.54) is 16.9 Å². The molecule has 0 amide bonds. The molecule has 0 aliphatic heterocycles. The van der Waals surface area contributed by atoms with Crippen molar-refractivity contribution in [1.29, 1.82) is 5.26 Å². The molecule has 2 heterocycles. The summed E-state index contributed by atoms with van der Waals surface area (Å²) in [7, 11) is 0. The summed E-state index contributed by atoms with van der Waals surface area (Å²) in [5.74, 6) is 0. The number of hydrogen-bond donors (Lipinski definition) is 1. The largest absolute Gasteiger partial charge is 0.323 e. The molecule has 14 heavy (non-hydrogen) atoms. The maximum atomic E-state index is 8.63. The molecular weight excluding hydrogens is 214 g/mol. The molecule has 0 aliphatic rings. The first-order valence-electron chi connectivity index (χ1n) is 3.96. The van der Waals surface area contributed by atoms with Crippen LogP contribution in [0.15, 0.2) is 17.6 Å². The normalized spacial score (nSPS) is 9.71. The number of nitrogens with one attached hydrogen (secondary N) is 1. The molecule has 0 radical (unpaired) electrons. The van der Waals surface area contributed by atoms with Crippen molar-refractivity contribution in [3.63, 3.8) is 0 Å². The van der Waals surface area contributed by atoms with Gasteiger partial charge in [0, 0.05) is 0 Å². The van der Waals surface area contributed by atoms with Crippen LogP contribution >= 0.6 is 22.7 Å². The van der Waals surface area contributed by atoms with Crippen molar-refractivity contribution < 1.29 is 0 Å². The standard InChI is InChI=1S/C9H7N3S2/c1-6-2-3-13-8(6)12-9-11-5-7(4-10)14-9/h2-3,5H,1H3,(H,11,12). The van der Waals surface area contributed by atoms with Gasteiger partial charge in [-0.25, -0.2) is 4.98 Å². The van der Waals surface area contributed by atoms with E-state index in [2.05, 4.69) is 16.4 Å². The van der Waals surface area contributed by atoms with Gasteiger partial charge in [-0.3, -0.25) is 0 Å². The van der Waals surface area contributed by atoms with Gasteiger partial charge in [-0.2, -0.15) is 5.26 Å². The van der Waals surface area contributed by atoms with Crippen LogP contribution in [0.3, 0.4) is 0 Å². The van der Waals surface area contributed by atoms with Crippen LogP contribution in [0, 0.1) is 18.3 Å². The van der Waals surface area contributed by atoms with Gasteiger partial charge in [-0.05, 0) is 23.9 Å². The van der Waals surface area contributed by atoms with E-state index in [0.717, 1.165) is 10.1 Å². The van der Waals surface area contributed by atoms with E-state index in [9.17, 15) is 0 Å². The smallest absolute Gasteiger partial charge is 0.189 e. The number of aryl methyl sites for hydroxylation is 1. The second-order valence-electron chi connectivity index (χ2n) is 2.70. The van der Waals surface area contributed by atoms with Crippen LogP contribution in [-0.2, 0) is 0 Å². The van der Waals surface area contributed by atoms with Gasteiger partial charge in [0.1, 0.15) is 10.9 Å². The molecule has 0 atom stereocenters. The lowest BCUT2D eigenvalue weighted by Crippen LogP contribution is -1.86.